The molecule has 2 amide bonds. The van der Waals surface area contributed by atoms with Gasteiger partial charge >= 0.3 is 0 Å². The monoisotopic (exact) mass is 374 g/mol. The number of amides is 2. The lowest BCUT2D eigenvalue weighted by atomic mass is 10.1. The summed E-state index contributed by atoms with van der Waals surface area (Å²) in [5.74, 6) is -1.92. The van der Waals surface area contributed by atoms with Crippen molar-refractivity contribution in [1.29, 1.82) is 0 Å². The smallest absolute Gasteiger partial charge is 0.270 e. The Kier molecular flexibility index (Phi) is 4.59. The number of nitro groups is 1. The molecule has 0 saturated heterocycles. The highest BCUT2D eigenvalue weighted by Crippen LogP contribution is 2.28. The van der Waals surface area contributed by atoms with Crippen LogP contribution in [0.1, 0.15) is 17.3 Å². The third kappa shape index (κ3) is 3.64. The van der Waals surface area contributed by atoms with Gasteiger partial charge in [0.05, 0.1) is 20.7 Å². The number of hydrogen-bond acceptors (Lipinski definition) is 6. The molecule has 0 atom stereocenters. The third-order valence-electron chi connectivity index (χ3n) is 3.33. The van der Waals surface area contributed by atoms with Gasteiger partial charge in [0.15, 0.2) is 5.13 Å². The second kappa shape index (κ2) is 6.84. The van der Waals surface area contributed by atoms with Crippen LogP contribution in [-0.4, -0.2) is 21.7 Å². The molecule has 1 aromatic heterocycles. The Labute approximate surface area is 149 Å². The van der Waals surface area contributed by atoms with Crippen molar-refractivity contribution in [3.05, 3.63) is 57.9 Å². The van der Waals surface area contributed by atoms with Crippen molar-refractivity contribution in [2.24, 2.45) is 0 Å². The van der Waals surface area contributed by atoms with E-state index in [4.69, 9.17) is 0 Å². The molecule has 0 spiro atoms. The van der Waals surface area contributed by atoms with Crippen molar-refractivity contribution in [3.63, 3.8) is 0 Å². The highest BCUT2D eigenvalue weighted by atomic mass is 32.1. The summed E-state index contributed by atoms with van der Waals surface area (Å²) in [6.45, 7) is 1.37. The molecule has 0 aliphatic carbocycles. The molecule has 0 aliphatic rings. The molecule has 8 nitrogen and oxygen atoms in total. The van der Waals surface area contributed by atoms with E-state index in [1.54, 1.807) is 18.2 Å². The van der Waals surface area contributed by atoms with Crippen molar-refractivity contribution < 1.29 is 18.9 Å². The maximum Gasteiger partial charge on any atom is 0.270 e. The topological polar surface area (TPSA) is 114 Å². The number of non-ortho nitro benzene ring substituents is 1. The number of thiazole rings is 1. The zero-order valence-electron chi connectivity index (χ0n) is 13.3. The van der Waals surface area contributed by atoms with Crippen LogP contribution < -0.4 is 10.6 Å². The second-order valence-corrected chi connectivity index (χ2v) is 6.29. The molecular formula is C16H11FN4O4S. The van der Waals surface area contributed by atoms with E-state index >= 15 is 0 Å². The largest absolute Gasteiger partial charge is 0.322 e. The Hall–Kier alpha value is -3.40. The number of carbonyl (C=O) groups is 2. The maximum absolute atomic E-state index is 13.8. The number of aromatic nitrogens is 1. The Bertz CT molecular complexity index is 1050. The second-order valence-electron chi connectivity index (χ2n) is 5.26. The fraction of sp³-hybridized carbons (Fsp3) is 0.0625. The van der Waals surface area contributed by atoms with Gasteiger partial charge in [-0.1, -0.05) is 11.3 Å². The maximum atomic E-state index is 13.8. The summed E-state index contributed by atoms with van der Waals surface area (Å²) in [4.78, 5) is 37.6. The standard InChI is InChI=1S/C16H11FN4O4S/c1-8(22)18-16-20-13-5-2-9(6-14(13)26-16)19-15(23)11-7-10(21(24)25)3-4-12(11)17/h2-7H,1H3,(H,19,23)(H,18,20,22). The van der Waals surface area contributed by atoms with Crippen LogP contribution in [0.2, 0.25) is 0 Å². The molecule has 132 valence electrons. The number of benzene rings is 2. The van der Waals surface area contributed by atoms with E-state index in [2.05, 4.69) is 15.6 Å². The molecule has 3 rings (SSSR count). The first kappa shape index (κ1) is 17.4. The summed E-state index contributed by atoms with van der Waals surface area (Å²) in [7, 11) is 0. The zero-order valence-corrected chi connectivity index (χ0v) is 14.1. The molecule has 0 radical (unpaired) electrons. The SMILES string of the molecule is CC(=O)Nc1nc2ccc(NC(=O)c3cc([N+](=O)[O-])ccc3F)cc2s1. The quantitative estimate of drug-likeness (QED) is 0.535. The first-order valence-corrected chi connectivity index (χ1v) is 8.08. The van der Waals surface area contributed by atoms with Gasteiger partial charge < -0.3 is 10.6 Å². The molecule has 0 bridgehead atoms. The van der Waals surface area contributed by atoms with Gasteiger partial charge in [0, 0.05) is 24.7 Å². The van der Waals surface area contributed by atoms with Crippen LogP contribution in [-0.2, 0) is 4.79 Å². The zero-order chi connectivity index (χ0) is 18.8. The summed E-state index contributed by atoms with van der Waals surface area (Å²) in [5.41, 5.74) is 0.182. The molecule has 0 fully saturated rings. The molecule has 3 aromatic rings. The summed E-state index contributed by atoms with van der Waals surface area (Å²) < 4.78 is 14.5. The lowest BCUT2D eigenvalue weighted by Gasteiger charge is -2.06. The molecule has 2 N–H and O–H groups in total. The minimum atomic E-state index is -0.861. The van der Waals surface area contributed by atoms with Gasteiger partial charge in [-0.05, 0) is 24.3 Å². The number of carbonyl (C=O) groups excluding carboxylic acids is 2. The van der Waals surface area contributed by atoms with Gasteiger partial charge in [-0.2, -0.15) is 0 Å². The van der Waals surface area contributed by atoms with Gasteiger partial charge in [0.1, 0.15) is 5.82 Å². The Balaban J connectivity index is 1.86. The number of halogens is 1. The van der Waals surface area contributed by atoms with E-state index in [9.17, 15) is 24.1 Å². The van der Waals surface area contributed by atoms with E-state index in [1.165, 1.54) is 18.3 Å². The summed E-state index contributed by atoms with van der Waals surface area (Å²) in [5, 5.41) is 16.3. The van der Waals surface area contributed by atoms with Crippen molar-refractivity contribution in [2.45, 2.75) is 6.92 Å². The van der Waals surface area contributed by atoms with Gasteiger partial charge in [0.25, 0.3) is 11.6 Å². The van der Waals surface area contributed by atoms with Crippen LogP contribution in [0.25, 0.3) is 10.2 Å². The lowest BCUT2D eigenvalue weighted by Crippen LogP contribution is -2.14. The van der Waals surface area contributed by atoms with Crippen LogP contribution in [0, 0.1) is 15.9 Å². The predicted molar refractivity (Wildman–Crippen MR) is 94.9 cm³/mol. The van der Waals surface area contributed by atoms with E-state index < -0.39 is 22.2 Å². The van der Waals surface area contributed by atoms with E-state index in [1.807, 2.05) is 0 Å². The van der Waals surface area contributed by atoms with Gasteiger partial charge in [-0.25, -0.2) is 9.37 Å². The highest BCUT2D eigenvalue weighted by molar-refractivity contribution is 7.22. The van der Waals surface area contributed by atoms with Gasteiger partial charge in [-0.15, -0.1) is 0 Å². The minimum absolute atomic E-state index is 0.251. The first-order chi connectivity index (χ1) is 12.3. The van der Waals surface area contributed by atoms with Crippen molar-refractivity contribution in [1.82, 2.24) is 4.98 Å². The van der Waals surface area contributed by atoms with Gasteiger partial charge in [0.2, 0.25) is 5.91 Å². The van der Waals surface area contributed by atoms with Crippen molar-refractivity contribution >= 4 is 49.9 Å². The van der Waals surface area contributed by atoms with Crippen molar-refractivity contribution in [2.75, 3.05) is 10.6 Å². The summed E-state index contributed by atoms with van der Waals surface area (Å²) >= 11 is 1.21. The Morgan fingerprint density at radius 3 is 2.65 bits per heavy atom. The number of fused-ring (bicyclic) bond motifs is 1. The van der Waals surface area contributed by atoms with Crippen LogP contribution in [0.15, 0.2) is 36.4 Å². The molecule has 2 aromatic carbocycles. The molecule has 1 heterocycles. The molecule has 0 unspecified atom stereocenters. The average Bonchev–Trinajstić information content (AvgIpc) is 2.95. The number of rotatable bonds is 4. The van der Waals surface area contributed by atoms with Crippen LogP contribution in [0.3, 0.4) is 0 Å². The molecule has 0 saturated carbocycles. The van der Waals surface area contributed by atoms with Crippen LogP contribution >= 0.6 is 11.3 Å². The van der Waals surface area contributed by atoms with Crippen LogP contribution in [0.5, 0.6) is 0 Å². The highest BCUT2D eigenvalue weighted by Gasteiger charge is 2.17. The average molecular weight is 374 g/mol. The lowest BCUT2D eigenvalue weighted by molar-refractivity contribution is -0.384. The molecule has 0 aliphatic heterocycles. The van der Waals surface area contributed by atoms with Gasteiger partial charge in [-0.3, -0.25) is 19.7 Å². The fourth-order valence-electron chi connectivity index (χ4n) is 2.21. The number of nitrogens with zero attached hydrogens (tertiary/aromatic N) is 2. The molecular weight excluding hydrogens is 363 g/mol. The first-order valence-electron chi connectivity index (χ1n) is 7.27. The summed E-state index contributed by atoms with van der Waals surface area (Å²) in [6, 6.07) is 7.55. The fourth-order valence-corrected chi connectivity index (χ4v) is 3.16. The third-order valence-corrected chi connectivity index (χ3v) is 4.27. The molecule has 26 heavy (non-hydrogen) atoms. The molecule has 10 heteroatoms. The number of anilines is 2. The number of nitrogens with one attached hydrogen (secondary N) is 2. The van der Waals surface area contributed by atoms with E-state index in [0.717, 1.165) is 18.2 Å². The van der Waals surface area contributed by atoms with E-state index in [-0.39, 0.29) is 11.6 Å². The van der Waals surface area contributed by atoms with Crippen molar-refractivity contribution in [3.8, 4) is 0 Å². The van der Waals surface area contributed by atoms with Crippen LogP contribution in [0.4, 0.5) is 20.9 Å². The Morgan fingerprint density at radius 2 is 1.96 bits per heavy atom. The normalized spacial score (nSPS) is 10.5. The number of nitro benzene ring substituents is 1. The number of hydrogen-bond donors (Lipinski definition) is 2. The van der Waals surface area contributed by atoms with E-state index in [0.29, 0.717) is 21.0 Å². The summed E-state index contributed by atoms with van der Waals surface area (Å²) in [6.07, 6.45) is 0. The predicted octanol–water partition coefficient (Wildman–Crippen LogP) is 3.55. The Morgan fingerprint density at radius 1 is 1.19 bits per heavy atom. The minimum Gasteiger partial charge on any atom is -0.322 e.